The summed E-state index contributed by atoms with van der Waals surface area (Å²) in [4.78, 5) is 8.90. The molecule has 104 valence electrons. The molecule has 0 radical (unpaired) electrons. The lowest BCUT2D eigenvalue weighted by Gasteiger charge is -2.16. The smallest absolute Gasteiger partial charge is 0.116 e. The van der Waals surface area contributed by atoms with E-state index in [4.69, 9.17) is 11.6 Å². The van der Waals surface area contributed by atoms with Crippen LogP contribution in [-0.4, -0.2) is 16.5 Å². The monoisotopic (exact) mass is 287 g/mol. The molecule has 2 aromatic rings. The highest BCUT2D eigenvalue weighted by atomic mass is 35.5. The zero-order chi connectivity index (χ0) is 13.9. The summed E-state index contributed by atoms with van der Waals surface area (Å²) in [6.07, 6.45) is 4.91. The predicted molar refractivity (Wildman–Crippen MR) is 81.0 cm³/mol. The number of benzene rings is 1. The van der Waals surface area contributed by atoms with Crippen LogP contribution < -0.4 is 5.32 Å². The second-order valence-corrected chi connectivity index (χ2v) is 5.71. The fourth-order valence-corrected chi connectivity index (χ4v) is 2.89. The average molecular weight is 288 g/mol. The van der Waals surface area contributed by atoms with Crippen LogP contribution in [0.4, 0.5) is 0 Å². The van der Waals surface area contributed by atoms with E-state index in [0.29, 0.717) is 6.04 Å². The van der Waals surface area contributed by atoms with E-state index < -0.39 is 0 Å². The van der Waals surface area contributed by atoms with Gasteiger partial charge in [-0.05, 0) is 44.0 Å². The first-order valence-electron chi connectivity index (χ1n) is 7.02. The van der Waals surface area contributed by atoms with Gasteiger partial charge in [0, 0.05) is 28.7 Å². The molecule has 1 aromatic carbocycles. The van der Waals surface area contributed by atoms with Crippen molar-refractivity contribution in [2.45, 2.75) is 32.2 Å². The minimum Gasteiger partial charge on any atom is -0.309 e. The highest BCUT2D eigenvalue weighted by Crippen LogP contribution is 2.27. The van der Waals surface area contributed by atoms with Crippen molar-refractivity contribution in [1.82, 2.24) is 15.3 Å². The zero-order valence-electron chi connectivity index (χ0n) is 11.6. The lowest BCUT2D eigenvalue weighted by atomic mass is 9.98. The summed E-state index contributed by atoms with van der Waals surface area (Å²) in [7, 11) is 0. The molecular formula is C16H18ClN3. The molecular weight excluding hydrogens is 270 g/mol. The van der Waals surface area contributed by atoms with Gasteiger partial charge in [0.1, 0.15) is 6.33 Å². The van der Waals surface area contributed by atoms with Gasteiger partial charge in [-0.1, -0.05) is 23.7 Å². The maximum absolute atomic E-state index is 5.95. The summed E-state index contributed by atoms with van der Waals surface area (Å²) in [6.45, 7) is 3.14. The molecule has 1 fully saturated rings. The third-order valence-electron chi connectivity index (χ3n) is 3.88. The molecule has 0 aliphatic carbocycles. The SMILES string of the molecule is Cc1ncnc([C@H]2CCCN2)c1Cc1ccc(Cl)cc1. The van der Waals surface area contributed by atoms with Crippen molar-refractivity contribution in [3.63, 3.8) is 0 Å². The Morgan fingerprint density at radius 2 is 2.05 bits per heavy atom. The van der Waals surface area contributed by atoms with Crippen LogP contribution in [0, 0.1) is 6.92 Å². The van der Waals surface area contributed by atoms with E-state index in [1.807, 2.05) is 12.1 Å². The largest absolute Gasteiger partial charge is 0.309 e. The molecule has 3 nitrogen and oxygen atoms in total. The van der Waals surface area contributed by atoms with Crippen LogP contribution in [0.15, 0.2) is 30.6 Å². The molecule has 20 heavy (non-hydrogen) atoms. The predicted octanol–water partition coefficient (Wildman–Crippen LogP) is 3.45. The Morgan fingerprint density at radius 3 is 2.75 bits per heavy atom. The summed E-state index contributed by atoms with van der Waals surface area (Å²) in [5, 5.41) is 4.29. The molecule has 0 amide bonds. The maximum Gasteiger partial charge on any atom is 0.116 e. The molecule has 0 bridgehead atoms. The Labute approximate surface area is 124 Å². The van der Waals surface area contributed by atoms with Gasteiger partial charge in [-0.15, -0.1) is 0 Å². The van der Waals surface area contributed by atoms with Crippen LogP contribution >= 0.6 is 11.6 Å². The lowest BCUT2D eigenvalue weighted by Crippen LogP contribution is -2.17. The number of halogens is 1. The minimum atomic E-state index is 0.374. The first-order valence-corrected chi connectivity index (χ1v) is 7.40. The van der Waals surface area contributed by atoms with E-state index in [9.17, 15) is 0 Å². The van der Waals surface area contributed by atoms with Gasteiger partial charge in [0.15, 0.2) is 0 Å². The molecule has 1 N–H and O–H groups in total. The van der Waals surface area contributed by atoms with E-state index in [1.165, 1.54) is 17.5 Å². The van der Waals surface area contributed by atoms with Gasteiger partial charge < -0.3 is 5.32 Å². The number of aryl methyl sites for hydroxylation is 1. The summed E-state index contributed by atoms with van der Waals surface area (Å²) in [6, 6.07) is 8.38. The van der Waals surface area contributed by atoms with Gasteiger partial charge in [0.05, 0.1) is 5.69 Å². The number of hydrogen-bond acceptors (Lipinski definition) is 3. The molecule has 1 saturated heterocycles. The number of hydrogen-bond donors (Lipinski definition) is 1. The van der Waals surface area contributed by atoms with Crippen molar-refractivity contribution in [1.29, 1.82) is 0 Å². The van der Waals surface area contributed by atoms with Crippen molar-refractivity contribution in [3.8, 4) is 0 Å². The van der Waals surface area contributed by atoms with Crippen LogP contribution in [0.25, 0.3) is 0 Å². The Kier molecular flexibility index (Phi) is 3.99. The lowest BCUT2D eigenvalue weighted by molar-refractivity contribution is 0.616. The van der Waals surface area contributed by atoms with E-state index >= 15 is 0 Å². The summed E-state index contributed by atoms with van der Waals surface area (Å²) in [5.41, 5.74) is 4.71. The number of aromatic nitrogens is 2. The number of nitrogens with one attached hydrogen (secondary N) is 1. The van der Waals surface area contributed by atoms with Crippen LogP contribution in [-0.2, 0) is 6.42 Å². The zero-order valence-corrected chi connectivity index (χ0v) is 12.3. The Hall–Kier alpha value is -1.45. The Morgan fingerprint density at radius 1 is 1.25 bits per heavy atom. The summed E-state index contributed by atoms with van der Waals surface area (Å²) >= 11 is 5.95. The first-order chi connectivity index (χ1) is 9.74. The molecule has 1 aliphatic heterocycles. The number of rotatable bonds is 3. The molecule has 0 unspecified atom stereocenters. The van der Waals surface area contributed by atoms with Gasteiger partial charge in [0.25, 0.3) is 0 Å². The minimum absolute atomic E-state index is 0.374. The van der Waals surface area contributed by atoms with E-state index in [-0.39, 0.29) is 0 Å². The van der Waals surface area contributed by atoms with Crippen molar-refractivity contribution < 1.29 is 0 Å². The molecule has 2 heterocycles. The van der Waals surface area contributed by atoms with Crippen LogP contribution in [0.3, 0.4) is 0 Å². The van der Waals surface area contributed by atoms with Gasteiger partial charge >= 0.3 is 0 Å². The van der Waals surface area contributed by atoms with Gasteiger partial charge in [-0.2, -0.15) is 0 Å². The Bertz CT molecular complexity index is 589. The fraction of sp³-hybridized carbons (Fsp3) is 0.375. The van der Waals surface area contributed by atoms with Gasteiger partial charge in [0.2, 0.25) is 0 Å². The Balaban J connectivity index is 1.93. The maximum atomic E-state index is 5.95. The second-order valence-electron chi connectivity index (χ2n) is 5.28. The topological polar surface area (TPSA) is 37.8 Å². The van der Waals surface area contributed by atoms with Crippen molar-refractivity contribution in [2.24, 2.45) is 0 Å². The summed E-state index contributed by atoms with van der Waals surface area (Å²) in [5.74, 6) is 0. The fourth-order valence-electron chi connectivity index (χ4n) is 2.76. The molecule has 0 spiro atoms. The highest BCUT2D eigenvalue weighted by molar-refractivity contribution is 6.30. The molecule has 3 rings (SSSR count). The van der Waals surface area contributed by atoms with Crippen LogP contribution in [0.2, 0.25) is 5.02 Å². The van der Waals surface area contributed by atoms with E-state index in [2.05, 4.69) is 34.3 Å². The molecule has 1 aromatic heterocycles. The van der Waals surface area contributed by atoms with Crippen molar-refractivity contribution in [2.75, 3.05) is 6.54 Å². The van der Waals surface area contributed by atoms with E-state index in [0.717, 1.165) is 35.8 Å². The molecule has 0 saturated carbocycles. The van der Waals surface area contributed by atoms with Gasteiger partial charge in [-0.3, -0.25) is 0 Å². The first kappa shape index (κ1) is 13.5. The van der Waals surface area contributed by atoms with E-state index in [1.54, 1.807) is 6.33 Å². The van der Waals surface area contributed by atoms with Crippen molar-refractivity contribution in [3.05, 3.63) is 58.1 Å². The molecule has 1 aliphatic rings. The normalized spacial score (nSPS) is 18.4. The standard InChI is InChI=1S/C16H18ClN3/c1-11-14(9-12-4-6-13(17)7-5-12)16(20-10-19-11)15-3-2-8-18-15/h4-7,10,15,18H,2-3,8-9H2,1H3/t15-/m1/s1. The quantitative estimate of drug-likeness (QED) is 0.939. The highest BCUT2D eigenvalue weighted by Gasteiger charge is 2.22. The van der Waals surface area contributed by atoms with Crippen LogP contribution in [0.5, 0.6) is 0 Å². The average Bonchev–Trinajstić information content (AvgIpc) is 2.97. The second kappa shape index (κ2) is 5.90. The van der Waals surface area contributed by atoms with Gasteiger partial charge in [-0.25, -0.2) is 9.97 Å². The molecule has 4 heteroatoms. The third kappa shape index (κ3) is 2.84. The number of nitrogens with zero attached hydrogens (tertiary/aromatic N) is 2. The van der Waals surface area contributed by atoms with Crippen molar-refractivity contribution >= 4 is 11.6 Å². The van der Waals surface area contributed by atoms with Crippen LogP contribution in [0.1, 0.15) is 41.4 Å². The molecule has 1 atom stereocenters. The summed E-state index contributed by atoms with van der Waals surface area (Å²) < 4.78 is 0. The third-order valence-corrected chi connectivity index (χ3v) is 4.13.